The number of aromatic carboxylic acids is 1. The first-order valence-electron chi connectivity index (χ1n) is 12.9. The lowest BCUT2D eigenvalue weighted by atomic mass is 10.00. The van der Waals surface area contributed by atoms with Gasteiger partial charge in [0.2, 0.25) is 0 Å². The summed E-state index contributed by atoms with van der Waals surface area (Å²) in [5, 5.41) is 22.2. The maximum absolute atomic E-state index is 13.8. The van der Waals surface area contributed by atoms with Crippen molar-refractivity contribution < 1.29 is 14.7 Å². The highest BCUT2D eigenvalue weighted by molar-refractivity contribution is 6.06. The van der Waals surface area contributed by atoms with Crippen LogP contribution in [-0.4, -0.2) is 37.0 Å². The lowest BCUT2D eigenvalue weighted by Crippen LogP contribution is -2.27. The molecule has 4 aromatic carbocycles. The number of nitrogens with zero attached hydrogens (tertiary/aromatic N) is 4. The van der Waals surface area contributed by atoms with E-state index in [1.165, 1.54) is 12.1 Å². The van der Waals surface area contributed by atoms with Gasteiger partial charge >= 0.3 is 5.97 Å². The molecule has 0 saturated carbocycles. The number of hydrogen-bond acceptors (Lipinski definition) is 5. The lowest BCUT2D eigenvalue weighted by molar-refractivity contribution is 0.0696. The number of aromatic nitrogens is 4. The fourth-order valence-electron chi connectivity index (χ4n) is 4.85. The van der Waals surface area contributed by atoms with Crippen LogP contribution in [-0.2, 0) is 6.54 Å². The summed E-state index contributed by atoms with van der Waals surface area (Å²) >= 11 is 0. The van der Waals surface area contributed by atoms with E-state index in [0.29, 0.717) is 23.1 Å². The Morgan fingerprint density at radius 2 is 1.68 bits per heavy atom. The quantitative estimate of drug-likeness (QED) is 0.268. The topological polar surface area (TPSA) is 110 Å². The van der Waals surface area contributed by atoms with Gasteiger partial charge in [0.25, 0.3) is 5.91 Å². The third-order valence-electron chi connectivity index (χ3n) is 6.97. The van der Waals surface area contributed by atoms with Crippen molar-refractivity contribution in [1.82, 2.24) is 25.3 Å². The lowest BCUT2D eigenvalue weighted by Gasteiger charge is -2.16. The summed E-state index contributed by atoms with van der Waals surface area (Å²) in [6.45, 7) is 2.28. The van der Waals surface area contributed by atoms with Crippen molar-refractivity contribution in [3.8, 4) is 11.1 Å². The van der Waals surface area contributed by atoms with E-state index in [2.05, 4.69) is 20.6 Å². The number of rotatable bonds is 7. The zero-order valence-corrected chi connectivity index (χ0v) is 21.7. The van der Waals surface area contributed by atoms with Crippen molar-refractivity contribution >= 4 is 33.8 Å². The van der Waals surface area contributed by atoms with E-state index in [0.717, 1.165) is 33.2 Å². The number of nitrogens with one attached hydrogen (secondary N) is 1. The number of carbonyl (C=O) groups is 2. The second-order valence-electron chi connectivity index (χ2n) is 9.66. The van der Waals surface area contributed by atoms with Crippen LogP contribution in [0.15, 0.2) is 103 Å². The first-order chi connectivity index (χ1) is 19.5. The zero-order chi connectivity index (χ0) is 27.6. The molecule has 2 aromatic heterocycles. The zero-order valence-electron chi connectivity index (χ0n) is 21.7. The maximum Gasteiger partial charge on any atom is 0.335 e. The Bertz CT molecular complexity index is 1860. The van der Waals surface area contributed by atoms with Crippen LogP contribution in [0, 0.1) is 0 Å². The maximum atomic E-state index is 13.8. The molecule has 8 nitrogen and oxygen atoms in total. The van der Waals surface area contributed by atoms with Gasteiger partial charge in [-0.15, -0.1) is 5.10 Å². The molecule has 40 heavy (non-hydrogen) atoms. The summed E-state index contributed by atoms with van der Waals surface area (Å²) in [4.78, 5) is 29.5. The molecule has 8 heteroatoms. The van der Waals surface area contributed by atoms with Gasteiger partial charge in [-0.25, -0.2) is 9.48 Å². The van der Waals surface area contributed by atoms with E-state index in [4.69, 9.17) is 0 Å². The first kappa shape index (κ1) is 24.9. The van der Waals surface area contributed by atoms with Crippen molar-refractivity contribution in [3.63, 3.8) is 0 Å². The molecule has 0 fully saturated rings. The van der Waals surface area contributed by atoms with E-state index in [-0.39, 0.29) is 17.5 Å². The van der Waals surface area contributed by atoms with Gasteiger partial charge in [0.1, 0.15) is 11.0 Å². The summed E-state index contributed by atoms with van der Waals surface area (Å²) in [7, 11) is 0. The van der Waals surface area contributed by atoms with Gasteiger partial charge in [-0.3, -0.25) is 9.78 Å². The van der Waals surface area contributed by atoms with Crippen molar-refractivity contribution in [2.45, 2.75) is 19.5 Å². The molecular weight excluding hydrogens is 502 g/mol. The van der Waals surface area contributed by atoms with Crippen molar-refractivity contribution in [1.29, 1.82) is 0 Å². The molecule has 0 bridgehead atoms. The number of carboxylic acids is 1. The molecule has 6 aromatic rings. The molecule has 0 radical (unpaired) electrons. The third-order valence-corrected chi connectivity index (χ3v) is 6.97. The number of hydrogen-bond donors (Lipinski definition) is 2. The molecule has 0 saturated heterocycles. The van der Waals surface area contributed by atoms with Crippen LogP contribution in [0.4, 0.5) is 0 Å². The van der Waals surface area contributed by atoms with Crippen LogP contribution in [0.5, 0.6) is 0 Å². The molecule has 0 aliphatic carbocycles. The highest BCUT2D eigenvalue weighted by Gasteiger charge is 2.20. The largest absolute Gasteiger partial charge is 0.478 e. The molecule has 0 aliphatic heterocycles. The van der Waals surface area contributed by atoms with Crippen LogP contribution in [0.1, 0.15) is 44.8 Å². The number of pyridine rings is 1. The summed E-state index contributed by atoms with van der Waals surface area (Å²) in [6.07, 6.45) is 1.76. The van der Waals surface area contributed by atoms with E-state index >= 15 is 0 Å². The molecule has 1 amide bonds. The highest BCUT2D eigenvalue weighted by Crippen LogP contribution is 2.28. The van der Waals surface area contributed by atoms with Crippen molar-refractivity contribution in [2.24, 2.45) is 0 Å². The molecule has 0 aliphatic rings. The second kappa shape index (κ2) is 10.4. The number of carbonyl (C=O) groups excluding carboxylic acids is 1. The van der Waals surface area contributed by atoms with E-state index < -0.39 is 5.97 Å². The van der Waals surface area contributed by atoms with Gasteiger partial charge in [0, 0.05) is 11.6 Å². The average molecular weight is 528 g/mol. The van der Waals surface area contributed by atoms with Crippen LogP contribution < -0.4 is 5.32 Å². The highest BCUT2D eigenvalue weighted by atomic mass is 16.4. The number of benzene rings is 4. The average Bonchev–Trinajstić information content (AvgIpc) is 3.39. The Morgan fingerprint density at radius 3 is 2.45 bits per heavy atom. The van der Waals surface area contributed by atoms with Gasteiger partial charge in [-0.05, 0) is 65.6 Å². The fourth-order valence-corrected chi connectivity index (χ4v) is 4.85. The predicted molar refractivity (Wildman–Crippen MR) is 153 cm³/mol. The summed E-state index contributed by atoms with van der Waals surface area (Å²) < 4.78 is 1.75. The first-order valence-corrected chi connectivity index (χ1v) is 12.9. The van der Waals surface area contributed by atoms with Crippen LogP contribution >= 0.6 is 0 Å². The Kier molecular flexibility index (Phi) is 6.49. The molecule has 2 heterocycles. The minimum atomic E-state index is -0.994. The molecule has 1 unspecified atom stereocenters. The SMILES string of the molecule is CC(NC(=O)c1cc(-c2ccccc2)cc2nnn(Cc3ccc4cccnc4c3)c12)c1ccc(C(=O)O)cc1. The minimum Gasteiger partial charge on any atom is -0.478 e. The number of fused-ring (bicyclic) bond motifs is 2. The predicted octanol–water partition coefficient (Wildman–Crippen LogP) is 5.88. The summed E-state index contributed by atoms with van der Waals surface area (Å²) in [5.41, 5.74) is 6.39. The van der Waals surface area contributed by atoms with E-state index in [9.17, 15) is 14.7 Å². The van der Waals surface area contributed by atoms with E-state index in [1.54, 1.807) is 23.0 Å². The normalized spacial score (nSPS) is 11.9. The Morgan fingerprint density at radius 1 is 0.875 bits per heavy atom. The smallest absolute Gasteiger partial charge is 0.335 e. The monoisotopic (exact) mass is 527 g/mol. The third kappa shape index (κ3) is 4.90. The van der Waals surface area contributed by atoms with Crippen molar-refractivity contribution in [2.75, 3.05) is 0 Å². The Hall–Kier alpha value is -5.37. The fraction of sp³-hybridized carbons (Fsp3) is 0.0938. The van der Waals surface area contributed by atoms with Gasteiger partial charge < -0.3 is 10.4 Å². The van der Waals surface area contributed by atoms with Gasteiger partial charge in [0.15, 0.2) is 0 Å². The van der Waals surface area contributed by atoms with Crippen LogP contribution in [0.3, 0.4) is 0 Å². The Balaban J connectivity index is 1.39. The van der Waals surface area contributed by atoms with Gasteiger partial charge in [-0.1, -0.05) is 65.9 Å². The van der Waals surface area contributed by atoms with Crippen LogP contribution in [0.2, 0.25) is 0 Å². The summed E-state index contributed by atoms with van der Waals surface area (Å²) in [5.74, 6) is -1.27. The van der Waals surface area contributed by atoms with Gasteiger partial charge in [0.05, 0.1) is 29.2 Å². The molecule has 2 N–H and O–H groups in total. The molecule has 0 spiro atoms. The standard InChI is InChI=1S/C32H25N5O3/c1-20(22-11-13-25(14-12-22)32(39)40)34-31(38)27-17-26(23-6-3-2-4-7-23)18-29-30(27)37(36-35-29)19-21-9-10-24-8-5-15-33-28(24)16-21/h2-18,20H,19H2,1H3,(H,34,38)(H,39,40). The second-order valence-corrected chi connectivity index (χ2v) is 9.66. The number of carboxylic acid groups (broad SMARTS) is 1. The molecular formula is C32H25N5O3. The minimum absolute atomic E-state index is 0.193. The molecule has 6 rings (SSSR count). The van der Waals surface area contributed by atoms with E-state index in [1.807, 2.05) is 79.7 Å². The van der Waals surface area contributed by atoms with Crippen LogP contribution in [0.25, 0.3) is 33.1 Å². The molecule has 196 valence electrons. The Labute approximate surface area is 229 Å². The van der Waals surface area contributed by atoms with Gasteiger partial charge in [-0.2, -0.15) is 0 Å². The summed E-state index contributed by atoms with van der Waals surface area (Å²) in [6, 6.07) is 29.8. The van der Waals surface area contributed by atoms with Crippen molar-refractivity contribution in [3.05, 3.63) is 126 Å². The number of amides is 1. The molecule has 1 atom stereocenters.